The number of aromatic nitrogens is 1. The molecular weight excluding hydrogens is 274 g/mol. The number of anilines is 1. The van der Waals surface area contributed by atoms with Crippen molar-refractivity contribution in [3.63, 3.8) is 0 Å². The molecule has 1 N–H and O–H groups in total. The molecule has 1 amide bonds. The van der Waals surface area contributed by atoms with Crippen LogP contribution < -0.4 is 10.2 Å². The predicted molar refractivity (Wildman–Crippen MR) is 90.1 cm³/mol. The fraction of sp³-hybridized carbons (Fsp3) is 0.444. The van der Waals surface area contributed by atoms with Crippen LogP contribution in [-0.2, 0) is 4.79 Å². The molecular formula is C18H23N3O. The summed E-state index contributed by atoms with van der Waals surface area (Å²) in [4.78, 5) is 17.9. The zero-order valence-corrected chi connectivity index (χ0v) is 13.3. The number of carbonyl (C=O) groups is 1. The second kappa shape index (κ2) is 6.34. The van der Waals surface area contributed by atoms with Gasteiger partial charge < -0.3 is 10.2 Å². The maximum absolute atomic E-state index is 11.0. The number of piperidine rings is 1. The molecule has 1 saturated heterocycles. The molecule has 0 atom stereocenters. The van der Waals surface area contributed by atoms with Gasteiger partial charge in [-0.1, -0.05) is 11.6 Å². The minimum Gasteiger partial charge on any atom is -0.371 e. The molecule has 3 rings (SSSR count). The Morgan fingerprint density at radius 2 is 2.09 bits per heavy atom. The van der Waals surface area contributed by atoms with Crippen LogP contribution in [0.5, 0.6) is 0 Å². The van der Waals surface area contributed by atoms with Gasteiger partial charge in [0.05, 0.1) is 5.52 Å². The number of pyridine rings is 1. The van der Waals surface area contributed by atoms with E-state index in [1.165, 1.54) is 16.6 Å². The first-order valence-corrected chi connectivity index (χ1v) is 7.98. The first-order chi connectivity index (χ1) is 10.6. The van der Waals surface area contributed by atoms with Crippen LogP contribution in [0, 0.1) is 12.8 Å². The van der Waals surface area contributed by atoms with Crippen LogP contribution >= 0.6 is 0 Å². The highest BCUT2D eigenvalue weighted by Gasteiger charge is 2.20. The second-order valence-electron chi connectivity index (χ2n) is 6.22. The van der Waals surface area contributed by atoms with Crippen molar-refractivity contribution in [3.8, 4) is 0 Å². The van der Waals surface area contributed by atoms with E-state index in [-0.39, 0.29) is 5.91 Å². The summed E-state index contributed by atoms with van der Waals surface area (Å²) in [5.74, 6) is 0.660. The summed E-state index contributed by atoms with van der Waals surface area (Å²) in [5.41, 5.74) is 3.61. The third kappa shape index (κ3) is 3.21. The molecule has 1 aliphatic heterocycles. The van der Waals surface area contributed by atoms with Crippen molar-refractivity contribution >= 4 is 22.5 Å². The summed E-state index contributed by atoms with van der Waals surface area (Å²) in [5, 5.41) is 4.18. The molecule has 4 heteroatoms. The normalized spacial score (nSPS) is 16.0. The zero-order valence-electron chi connectivity index (χ0n) is 13.3. The molecule has 0 aliphatic carbocycles. The lowest BCUT2D eigenvalue weighted by molar-refractivity contribution is -0.119. The molecule has 1 aliphatic rings. The van der Waals surface area contributed by atoms with E-state index in [1.807, 2.05) is 6.20 Å². The standard InChI is InChI=1S/C18H23N3O/c1-13-3-4-17-16(11-13)18(5-8-19-17)21-9-6-15(7-10-21)12-20-14(2)22/h3-5,8,11,15H,6-7,9-10,12H2,1-2H3,(H,20,22). The zero-order chi connectivity index (χ0) is 15.5. The van der Waals surface area contributed by atoms with E-state index in [4.69, 9.17) is 0 Å². The quantitative estimate of drug-likeness (QED) is 0.947. The number of benzene rings is 1. The van der Waals surface area contributed by atoms with Crippen molar-refractivity contribution in [3.05, 3.63) is 36.0 Å². The van der Waals surface area contributed by atoms with Gasteiger partial charge in [0.2, 0.25) is 5.91 Å². The molecule has 1 aromatic heterocycles. The lowest BCUT2D eigenvalue weighted by atomic mass is 9.96. The van der Waals surface area contributed by atoms with Crippen LogP contribution in [0.2, 0.25) is 0 Å². The molecule has 0 saturated carbocycles. The van der Waals surface area contributed by atoms with Crippen molar-refractivity contribution < 1.29 is 4.79 Å². The van der Waals surface area contributed by atoms with E-state index in [9.17, 15) is 4.79 Å². The number of carbonyl (C=O) groups excluding carboxylic acids is 1. The van der Waals surface area contributed by atoms with Gasteiger partial charge in [-0.25, -0.2) is 0 Å². The number of nitrogens with zero attached hydrogens (tertiary/aromatic N) is 2. The van der Waals surface area contributed by atoms with E-state index in [0.717, 1.165) is 38.0 Å². The molecule has 0 bridgehead atoms. The highest BCUT2D eigenvalue weighted by molar-refractivity contribution is 5.92. The lowest BCUT2D eigenvalue weighted by Gasteiger charge is -2.34. The Morgan fingerprint density at radius 3 is 2.82 bits per heavy atom. The number of hydrogen-bond donors (Lipinski definition) is 1. The van der Waals surface area contributed by atoms with Gasteiger partial charge >= 0.3 is 0 Å². The SMILES string of the molecule is CC(=O)NCC1CCN(c2ccnc3ccc(C)cc23)CC1. The van der Waals surface area contributed by atoms with Gasteiger partial charge in [0.1, 0.15) is 0 Å². The van der Waals surface area contributed by atoms with Crippen molar-refractivity contribution in [1.29, 1.82) is 0 Å². The van der Waals surface area contributed by atoms with E-state index >= 15 is 0 Å². The van der Waals surface area contributed by atoms with Gasteiger partial charge in [0.15, 0.2) is 0 Å². The summed E-state index contributed by atoms with van der Waals surface area (Å²) < 4.78 is 0. The number of fused-ring (bicyclic) bond motifs is 1. The third-order valence-corrected chi connectivity index (χ3v) is 4.47. The summed E-state index contributed by atoms with van der Waals surface area (Å²) in [6.07, 6.45) is 4.14. The Kier molecular flexibility index (Phi) is 4.27. The molecule has 2 aromatic rings. The van der Waals surface area contributed by atoms with Gasteiger partial charge in [0, 0.05) is 43.8 Å². The smallest absolute Gasteiger partial charge is 0.216 e. The van der Waals surface area contributed by atoms with Crippen LogP contribution in [0.1, 0.15) is 25.3 Å². The maximum Gasteiger partial charge on any atom is 0.216 e. The Hall–Kier alpha value is -2.10. The topological polar surface area (TPSA) is 45.2 Å². The minimum atomic E-state index is 0.0676. The molecule has 2 heterocycles. The van der Waals surface area contributed by atoms with Gasteiger partial charge in [0.25, 0.3) is 0 Å². The molecule has 1 aromatic carbocycles. The van der Waals surface area contributed by atoms with Crippen LogP contribution in [0.25, 0.3) is 10.9 Å². The van der Waals surface area contributed by atoms with Crippen molar-refractivity contribution in [1.82, 2.24) is 10.3 Å². The fourth-order valence-electron chi connectivity index (χ4n) is 3.19. The molecule has 4 nitrogen and oxygen atoms in total. The lowest BCUT2D eigenvalue weighted by Crippen LogP contribution is -2.38. The Labute approximate surface area is 131 Å². The van der Waals surface area contributed by atoms with Gasteiger partial charge in [-0.2, -0.15) is 0 Å². The van der Waals surface area contributed by atoms with Crippen molar-refractivity contribution in [2.75, 3.05) is 24.5 Å². The predicted octanol–water partition coefficient (Wildman–Crippen LogP) is 2.90. The van der Waals surface area contributed by atoms with Crippen molar-refractivity contribution in [2.24, 2.45) is 5.92 Å². The fourth-order valence-corrected chi connectivity index (χ4v) is 3.19. The first-order valence-electron chi connectivity index (χ1n) is 7.98. The van der Waals surface area contributed by atoms with Crippen LogP contribution in [0.4, 0.5) is 5.69 Å². The molecule has 0 radical (unpaired) electrons. The largest absolute Gasteiger partial charge is 0.371 e. The monoisotopic (exact) mass is 297 g/mol. The average molecular weight is 297 g/mol. The average Bonchev–Trinajstić information content (AvgIpc) is 2.53. The van der Waals surface area contributed by atoms with E-state index in [1.54, 1.807) is 6.92 Å². The Bertz CT molecular complexity index is 675. The number of aryl methyl sites for hydroxylation is 1. The Morgan fingerprint density at radius 1 is 1.32 bits per heavy atom. The van der Waals surface area contributed by atoms with Gasteiger partial charge in [-0.3, -0.25) is 9.78 Å². The molecule has 1 fully saturated rings. The van der Waals surface area contributed by atoms with E-state index < -0.39 is 0 Å². The summed E-state index contributed by atoms with van der Waals surface area (Å²) in [7, 11) is 0. The maximum atomic E-state index is 11.0. The second-order valence-corrected chi connectivity index (χ2v) is 6.22. The highest BCUT2D eigenvalue weighted by atomic mass is 16.1. The molecule has 0 spiro atoms. The van der Waals surface area contributed by atoms with Gasteiger partial charge in [-0.05, 0) is 43.9 Å². The van der Waals surface area contributed by atoms with Crippen LogP contribution in [0.3, 0.4) is 0 Å². The molecule has 116 valence electrons. The van der Waals surface area contributed by atoms with E-state index in [2.05, 4.69) is 46.4 Å². The molecule has 0 unspecified atom stereocenters. The van der Waals surface area contributed by atoms with Gasteiger partial charge in [-0.15, -0.1) is 0 Å². The molecule has 22 heavy (non-hydrogen) atoms. The number of rotatable bonds is 3. The minimum absolute atomic E-state index is 0.0676. The Balaban J connectivity index is 1.74. The first kappa shape index (κ1) is 14.8. The number of nitrogens with one attached hydrogen (secondary N) is 1. The number of amides is 1. The van der Waals surface area contributed by atoms with Crippen LogP contribution in [-0.4, -0.2) is 30.5 Å². The summed E-state index contributed by atoms with van der Waals surface area (Å²) >= 11 is 0. The summed E-state index contributed by atoms with van der Waals surface area (Å²) in [6.45, 7) is 6.59. The third-order valence-electron chi connectivity index (χ3n) is 4.47. The van der Waals surface area contributed by atoms with E-state index in [0.29, 0.717) is 5.92 Å². The number of hydrogen-bond acceptors (Lipinski definition) is 3. The summed E-state index contributed by atoms with van der Waals surface area (Å²) in [6, 6.07) is 8.55. The highest BCUT2D eigenvalue weighted by Crippen LogP contribution is 2.29. The van der Waals surface area contributed by atoms with Crippen LogP contribution in [0.15, 0.2) is 30.5 Å². The van der Waals surface area contributed by atoms with Crippen molar-refractivity contribution in [2.45, 2.75) is 26.7 Å².